The summed E-state index contributed by atoms with van der Waals surface area (Å²) >= 11 is -1.82. The van der Waals surface area contributed by atoms with Gasteiger partial charge >= 0.3 is 5.97 Å². The second-order valence-electron chi connectivity index (χ2n) is 4.08. The molecule has 2 N–H and O–H groups in total. The highest BCUT2D eigenvalue weighted by molar-refractivity contribution is 7.80. The van der Waals surface area contributed by atoms with Crippen LogP contribution in [0.2, 0.25) is 0 Å². The first-order chi connectivity index (χ1) is 11.3. The lowest BCUT2D eigenvalue weighted by Crippen LogP contribution is -2.36. The molecule has 1 aromatic rings. The van der Waals surface area contributed by atoms with Crippen molar-refractivity contribution in [2.24, 2.45) is 0 Å². The molecule has 0 aromatic heterocycles. The van der Waals surface area contributed by atoms with Crippen molar-refractivity contribution in [2.75, 3.05) is 12.4 Å². The number of nitrogens with one attached hydrogen (secondary N) is 1. The van der Waals surface area contributed by atoms with Crippen LogP contribution in [0.3, 0.4) is 0 Å². The predicted molar refractivity (Wildman–Crippen MR) is 95.8 cm³/mol. The Kier molecular flexibility index (Phi) is 13.9. The van der Waals surface area contributed by atoms with Gasteiger partial charge in [0.2, 0.25) is 17.0 Å². The van der Waals surface area contributed by atoms with E-state index in [0.29, 0.717) is 10.6 Å². The number of nitrogens with zero attached hydrogens (tertiary/aromatic N) is 1. The summed E-state index contributed by atoms with van der Waals surface area (Å²) in [5, 5.41) is 12.4. The molecular formula is C16H28N2O5S. The molecule has 0 radical (unpaired) electrons. The minimum atomic E-state index is -1.82. The number of carbonyl (C=O) groups excluding carboxylic acids is 1. The molecule has 0 bridgehead atoms. The van der Waals surface area contributed by atoms with Gasteiger partial charge in [0.15, 0.2) is 0 Å². The molecule has 2 atom stereocenters. The molecule has 0 fully saturated rings. The molecule has 0 aliphatic carbocycles. The van der Waals surface area contributed by atoms with Crippen LogP contribution in [-0.4, -0.2) is 39.3 Å². The number of likely N-dealkylation sites (N-methyl/N-ethyl adjacent to an activating group) is 1. The summed E-state index contributed by atoms with van der Waals surface area (Å²) in [5.41, 5.74) is 0.575. The van der Waals surface area contributed by atoms with Gasteiger partial charge < -0.3 is 10.4 Å². The number of hydrogen-bond acceptors (Lipinski definition) is 5. The van der Waals surface area contributed by atoms with Gasteiger partial charge in [-0.2, -0.15) is 9.35 Å². The summed E-state index contributed by atoms with van der Waals surface area (Å²) in [7, 11) is 1.39. The zero-order valence-corrected chi connectivity index (χ0v) is 16.1. The van der Waals surface area contributed by atoms with Gasteiger partial charge in [-0.05, 0) is 31.2 Å². The van der Waals surface area contributed by atoms with E-state index in [1.54, 1.807) is 12.1 Å². The molecule has 0 heterocycles. The summed E-state index contributed by atoms with van der Waals surface area (Å²) < 4.78 is 16.9. The molecule has 1 aromatic carbocycles. The van der Waals surface area contributed by atoms with E-state index in [2.05, 4.69) is 5.32 Å². The number of carboxylic acid groups (broad SMARTS) is 1. The molecule has 8 heteroatoms. The third-order valence-corrected chi connectivity index (χ3v) is 3.48. The van der Waals surface area contributed by atoms with Crippen LogP contribution in [0.25, 0.3) is 0 Å². The number of amides is 1. The second-order valence-corrected chi connectivity index (χ2v) is 5.17. The SMILES string of the molecule is CC.CC.CC(=O)Nc1ccc(S(=O)ON(C)C(C)C(=O)O)cc1. The van der Waals surface area contributed by atoms with E-state index in [4.69, 9.17) is 9.39 Å². The van der Waals surface area contributed by atoms with Crippen molar-refractivity contribution in [3.05, 3.63) is 24.3 Å². The molecule has 0 aliphatic heterocycles. The molecule has 0 saturated carbocycles. The molecule has 7 nitrogen and oxygen atoms in total. The molecule has 1 rings (SSSR count). The highest BCUT2D eigenvalue weighted by Gasteiger charge is 2.20. The van der Waals surface area contributed by atoms with Gasteiger partial charge in [-0.3, -0.25) is 9.59 Å². The van der Waals surface area contributed by atoms with Gasteiger partial charge in [0.1, 0.15) is 6.04 Å². The summed E-state index contributed by atoms with van der Waals surface area (Å²) in [6.45, 7) is 10.8. The molecule has 0 aliphatic rings. The summed E-state index contributed by atoms with van der Waals surface area (Å²) in [6, 6.07) is 5.30. The van der Waals surface area contributed by atoms with Crippen LogP contribution in [0, 0.1) is 0 Å². The summed E-state index contributed by atoms with van der Waals surface area (Å²) in [6.07, 6.45) is 0. The number of aliphatic carboxylic acids is 1. The molecule has 0 saturated heterocycles. The Labute approximate surface area is 146 Å². The average Bonchev–Trinajstić information content (AvgIpc) is 2.57. The zero-order valence-electron chi connectivity index (χ0n) is 15.3. The van der Waals surface area contributed by atoms with Crippen molar-refractivity contribution in [3.63, 3.8) is 0 Å². The molecular weight excluding hydrogens is 332 g/mol. The molecule has 138 valence electrons. The number of carboxylic acids is 1. The Morgan fingerprint density at radius 2 is 1.62 bits per heavy atom. The number of carbonyl (C=O) groups is 2. The van der Waals surface area contributed by atoms with Crippen molar-refractivity contribution in [3.8, 4) is 0 Å². The smallest absolute Gasteiger partial charge is 0.323 e. The summed E-state index contributed by atoms with van der Waals surface area (Å²) in [4.78, 5) is 22.0. The number of rotatable bonds is 6. The first-order valence-electron chi connectivity index (χ1n) is 7.74. The fourth-order valence-electron chi connectivity index (χ4n) is 1.22. The first-order valence-corrected chi connectivity index (χ1v) is 8.82. The standard InChI is InChI=1S/C12H16N2O5S.2C2H6/c1-8(12(16)17)14(3)19-20(18)11-6-4-10(5-7-11)13-9(2)15;2*1-2/h4-8H,1-3H3,(H,13,15)(H,16,17);2*1-2H3. The van der Waals surface area contributed by atoms with E-state index in [9.17, 15) is 13.8 Å². The highest BCUT2D eigenvalue weighted by atomic mass is 32.2. The largest absolute Gasteiger partial charge is 0.480 e. The highest BCUT2D eigenvalue weighted by Crippen LogP contribution is 2.14. The fourth-order valence-corrected chi connectivity index (χ4v) is 2.01. The van der Waals surface area contributed by atoms with E-state index in [-0.39, 0.29) is 5.91 Å². The van der Waals surface area contributed by atoms with Gasteiger partial charge in [-0.1, -0.05) is 27.7 Å². The van der Waals surface area contributed by atoms with Gasteiger partial charge in [0, 0.05) is 19.7 Å². The molecule has 0 spiro atoms. The minimum Gasteiger partial charge on any atom is -0.480 e. The van der Waals surface area contributed by atoms with E-state index >= 15 is 0 Å². The topological polar surface area (TPSA) is 95.9 Å². The number of benzene rings is 1. The van der Waals surface area contributed by atoms with Crippen LogP contribution in [0.5, 0.6) is 0 Å². The van der Waals surface area contributed by atoms with Crippen molar-refractivity contribution < 1.29 is 23.2 Å². The van der Waals surface area contributed by atoms with Gasteiger partial charge in [0.05, 0.1) is 4.90 Å². The van der Waals surface area contributed by atoms with Crippen molar-refractivity contribution in [2.45, 2.75) is 52.5 Å². The van der Waals surface area contributed by atoms with E-state index in [0.717, 1.165) is 5.06 Å². The van der Waals surface area contributed by atoms with E-state index < -0.39 is 23.1 Å². The summed E-state index contributed by atoms with van der Waals surface area (Å²) in [5.74, 6) is -1.28. The third-order valence-electron chi connectivity index (χ3n) is 2.46. The van der Waals surface area contributed by atoms with Crippen LogP contribution in [0.1, 0.15) is 41.5 Å². The molecule has 2 unspecified atom stereocenters. The lowest BCUT2D eigenvalue weighted by molar-refractivity contribution is -0.153. The number of hydrogen-bond donors (Lipinski definition) is 2. The third kappa shape index (κ3) is 9.39. The van der Waals surface area contributed by atoms with E-state index in [1.165, 1.54) is 33.0 Å². The van der Waals surface area contributed by atoms with Crippen LogP contribution < -0.4 is 5.32 Å². The first kappa shape index (κ1) is 24.5. The molecule has 1 amide bonds. The van der Waals surface area contributed by atoms with Crippen molar-refractivity contribution in [1.82, 2.24) is 5.06 Å². The fraction of sp³-hybridized carbons (Fsp3) is 0.500. The zero-order chi connectivity index (χ0) is 19.3. The minimum absolute atomic E-state index is 0.204. The quantitative estimate of drug-likeness (QED) is 0.757. The monoisotopic (exact) mass is 360 g/mol. The van der Waals surface area contributed by atoms with Crippen LogP contribution in [-0.2, 0) is 25.0 Å². The second kappa shape index (κ2) is 13.6. The Hall–Kier alpha value is -1.77. The lowest BCUT2D eigenvalue weighted by Gasteiger charge is -2.19. The normalized spacial score (nSPS) is 12.0. The number of anilines is 1. The Morgan fingerprint density at radius 1 is 1.17 bits per heavy atom. The van der Waals surface area contributed by atoms with Gasteiger partial charge in [0.25, 0.3) is 0 Å². The maximum absolute atomic E-state index is 11.9. The van der Waals surface area contributed by atoms with Gasteiger partial charge in [-0.15, -0.1) is 0 Å². The van der Waals surface area contributed by atoms with Crippen LogP contribution in [0.15, 0.2) is 29.2 Å². The van der Waals surface area contributed by atoms with Gasteiger partial charge in [-0.25, -0.2) is 4.21 Å². The maximum Gasteiger partial charge on any atom is 0.323 e. The lowest BCUT2D eigenvalue weighted by atomic mass is 10.3. The number of hydroxylamine groups is 2. The predicted octanol–water partition coefficient (Wildman–Crippen LogP) is 3.06. The Morgan fingerprint density at radius 3 is 2.00 bits per heavy atom. The average molecular weight is 360 g/mol. The van der Waals surface area contributed by atoms with E-state index in [1.807, 2.05) is 27.7 Å². The molecule has 24 heavy (non-hydrogen) atoms. The van der Waals surface area contributed by atoms with Crippen molar-refractivity contribution in [1.29, 1.82) is 0 Å². The van der Waals surface area contributed by atoms with Crippen LogP contribution in [0.4, 0.5) is 5.69 Å². The Bertz CT molecular complexity index is 520. The Balaban J connectivity index is 0. The van der Waals surface area contributed by atoms with Crippen molar-refractivity contribution >= 4 is 28.6 Å². The van der Waals surface area contributed by atoms with Crippen LogP contribution >= 0.6 is 0 Å². The maximum atomic E-state index is 11.9.